The predicted octanol–water partition coefficient (Wildman–Crippen LogP) is 2.34. The smallest absolute Gasteiger partial charge is 0.0880 e. The molecule has 2 aromatic rings. The summed E-state index contributed by atoms with van der Waals surface area (Å²) < 4.78 is 0. The fourth-order valence-electron chi connectivity index (χ4n) is 2.01. The Balaban J connectivity index is 2.24. The van der Waals surface area contributed by atoms with E-state index in [0.717, 1.165) is 16.5 Å². The number of nitrogen functional groups attached to an aromatic ring is 1. The van der Waals surface area contributed by atoms with E-state index in [1.165, 1.54) is 0 Å². The van der Waals surface area contributed by atoms with Crippen LogP contribution in [0.15, 0.2) is 30.6 Å². The second kappa shape index (κ2) is 5.67. The molecule has 1 unspecified atom stereocenters. The first-order chi connectivity index (χ1) is 9.03. The number of benzene rings is 1. The largest absolute Gasteiger partial charge is 0.398 e. The van der Waals surface area contributed by atoms with E-state index in [-0.39, 0.29) is 0 Å². The summed E-state index contributed by atoms with van der Waals surface area (Å²) in [5.74, 6) is 0.689. The average Bonchev–Trinajstić information content (AvgIpc) is 2.38. The van der Waals surface area contributed by atoms with E-state index in [2.05, 4.69) is 10.3 Å². The van der Waals surface area contributed by atoms with Crippen LogP contribution in [-0.2, 0) is 0 Å². The van der Waals surface area contributed by atoms with E-state index in [1.807, 2.05) is 31.4 Å². The molecule has 0 saturated heterocycles. The lowest BCUT2D eigenvalue weighted by atomic mass is 10.1. The van der Waals surface area contributed by atoms with Crippen LogP contribution >= 0.6 is 11.8 Å². The molecule has 0 aliphatic heterocycles. The molecule has 0 amide bonds. The van der Waals surface area contributed by atoms with Gasteiger partial charge in [-0.15, -0.1) is 0 Å². The van der Waals surface area contributed by atoms with Gasteiger partial charge in [-0.2, -0.15) is 11.8 Å². The van der Waals surface area contributed by atoms with Gasteiger partial charge < -0.3 is 16.2 Å². The maximum absolute atomic E-state index is 10.2. The van der Waals surface area contributed by atoms with Gasteiger partial charge in [0.2, 0.25) is 0 Å². The number of thioether (sulfide) groups is 1. The lowest BCUT2D eigenvalue weighted by Gasteiger charge is -2.23. The van der Waals surface area contributed by atoms with Gasteiger partial charge in [-0.05, 0) is 31.4 Å². The van der Waals surface area contributed by atoms with E-state index in [1.54, 1.807) is 24.2 Å². The van der Waals surface area contributed by atoms with Crippen LogP contribution in [0.5, 0.6) is 0 Å². The van der Waals surface area contributed by atoms with Gasteiger partial charge in [-0.25, -0.2) is 0 Å². The summed E-state index contributed by atoms with van der Waals surface area (Å²) in [6, 6.07) is 5.72. The van der Waals surface area contributed by atoms with Crippen molar-refractivity contribution >= 4 is 33.9 Å². The van der Waals surface area contributed by atoms with E-state index in [9.17, 15) is 5.11 Å². The normalized spacial score (nSPS) is 14.3. The van der Waals surface area contributed by atoms with Crippen molar-refractivity contribution in [2.75, 3.05) is 29.6 Å². The highest BCUT2D eigenvalue weighted by Crippen LogP contribution is 2.27. The van der Waals surface area contributed by atoms with E-state index < -0.39 is 5.60 Å². The van der Waals surface area contributed by atoms with Gasteiger partial charge in [0.1, 0.15) is 0 Å². The summed E-state index contributed by atoms with van der Waals surface area (Å²) in [6.07, 6.45) is 5.49. The minimum atomic E-state index is -0.736. The Morgan fingerprint density at radius 3 is 2.89 bits per heavy atom. The lowest BCUT2D eigenvalue weighted by molar-refractivity contribution is 0.0997. The number of aromatic nitrogens is 1. The van der Waals surface area contributed by atoms with Gasteiger partial charge in [0, 0.05) is 46.8 Å². The molecule has 0 saturated carbocycles. The van der Waals surface area contributed by atoms with Crippen LogP contribution < -0.4 is 11.1 Å². The van der Waals surface area contributed by atoms with E-state index in [0.29, 0.717) is 18.0 Å². The fraction of sp³-hybridized carbons (Fsp3) is 0.357. The van der Waals surface area contributed by atoms with Crippen molar-refractivity contribution in [2.45, 2.75) is 12.5 Å². The molecule has 1 heterocycles. The first-order valence-corrected chi connectivity index (χ1v) is 7.50. The first kappa shape index (κ1) is 14.0. The maximum Gasteiger partial charge on any atom is 0.0880 e. The molecule has 0 bridgehead atoms. The van der Waals surface area contributed by atoms with Crippen LogP contribution in [0.3, 0.4) is 0 Å². The Bertz CT molecular complexity index is 572. The molecule has 0 fully saturated rings. The molecular formula is C14H19N3OS. The summed E-state index contributed by atoms with van der Waals surface area (Å²) in [5, 5.41) is 15.4. The van der Waals surface area contributed by atoms with Crippen molar-refractivity contribution in [2.24, 2.45) is 0 Å². The topological polar surface area (TPSA) is 71.2 Å². The van der Waals surface area contributed by atoms with Crippen LogP contribution in [0, 0.1) is 0 Å². The number of nitrogens with one attached hydrogen (secondary N) is 1. The fourth-order valence-corrected chi connectivity index (χ4v) is 2.74. The summed E-state index contributed by atoms with van der Waals surface area (Å²) in [7, 11) is 0. The molecule has 5 heteroatoms. The molecule has 0 aliphatic carbocycles. The van der Waals surface area contributed by atoms with Gasteiger partial charge in [0.05, 0.1) is 5.60 Å². The number of anilines is 2. The van der Waals surface area contributed by atoms with Gasteiger partial charge in [-0.3, -0.25) is 4.98 Å². The second-order valence-electron chi connectivity index (χ2n) is 4.91. The molecule has 102 valence electrons. The van der Waals surface area contributed by atoms with Crippen molar-refractivity contribution in [3.63, 3.8) is 0 Å². The highest BCUT2D eigenvalue weighted by Gasteiger charge is 2.19. The Kier molecular flexibility index (Phi) is 4.17. The molecule has 0 radical (unpaired) electrons. The zero-order chi connectivity index (χ0) is 13.9. The zero-order valence-electron chi connectivity index (χ0n) is 11.2. The van der Waals surface area contributed by atoms with Crippen LogP contribution in [-0.4, -0.2) is 34.2 Å². The Morgan fingerprint density at radius 2 is 2.16 bits per heavy atom. The van der Waals surface area contributed by atoms with Crippen molar-refractivity contribution < 1.29 is 5.11 Å². The molecule has 0 spiro atoms. The first-order valence-electron chi connectivity index (χ1n) is 6.11. The number of hydrogen-bond donors (Lipinski definition) is 3. The molecule has 1 atom stereocenters. The molecular weight excluding hydrogens is 258 g/mol. The zero-order valence-corrected chi connectivity index (χ0v) is 12.0. The van der Waals surface area contributed by atoms with Crippen LogP contribution in [0.2, 0.25) is 0 Å². The molecule has 1 aromatic heterocycles. The number of nitrogens with two attached hydrogens (primary N) is 1. The Morgan fingerprint density at radius 1 is 1.37 bits per heavy atom. The summed E-state index contributed by atoms with van der Waals surface area (Å²) >= 11 is 1.63. The number of fused-ring (bicyclic) bond motifs is 1. The Hall–Kier alpha value is -1.46. The monoisotopic (exact) mass is 277 g/mol. The third-order valence-corrected chi connectivity index (χ3v) is 3.88. The van der Waals surface area contributed by atoms with E-state index in [4.69, 9.17) is 5.73 Å². The summed E-state index contributed by atoms with van der Waals surface area (Å²) in [5.41, 5.74) is 6.88. The van der Waals surface area contributed by atoms with Gasteiger partial charge in [0.15, 0.2) is 0 Å². The number of aliphatic hydroxyl groups is 1. The second-order valence-corrected chi connectivity index (χ2v) is 5.77. The van der Waals surface area contributed by atoms with Crippen molar-refractivity contribution in [3.8, 4) is 0 Å². The minimum Gasteiger partial charge on any atom is -0.398 e. The van der Waals surface area contributed by atoms with Gasteiger partial charge >= 0.3 is 0 Å². The number of nitrogens with zero attached hydrogens (tertiary/aromatic N) is 1. The van der Waals surface area contributed by atoms with Crippen LogP contribution in [0.25, 0.3) is 10.8 Å². The summed E-state index contributed by atoms with van der Waals surface area (Å²) in [4.78, 5) is 4.09. The highest BCUT2D eigenvalue weighted by atomic mass is 32.2. The third kappa shape index (κ3) is 3.30. The molecule has 4 N–H and O–H groups in total. The van der Waals surface area contributed by atoms with Gasteiger partial charge in [0.25, 0.3) is 0 Å². The molecule has 19 heavy (non-hydrogen) atoms. The van der Waals surface area contributed by atoms with Crippen molar-refractivity contribution in [1.29, 1.82) is 0 Å². The molecule has 4 nitrogen and oxygen atoms in total. The minimum absolute atomic E-state index is 0.495. The number of hydrogen-bond acceptors (Lipinski definition) is 5. The SMILES string of the molecule is CSCC(C)(O)CNc1ccc(N)c2cnccc12. The van der Waals surface area contributed by atoms with Crippen LogP contribution in [0.4, 0.5) is 11.4 Å². The standard InChI is InChI=1S/C14H19N3OS/c1-14(18,9-19-2)8-17-13-4-3-12(15)11-7-16-6-5-10(11)13/h3-7,17-18H,8-9,15H2,1-2H3. The number of pyridine rings is 1. The van der Waals surface area contributed by atoms with Gasteiger partial charge in [-0.1, -0.05) is 0 Å². The van der Waals surface area contributed by atoms with Crippen molar-refractivity contribution in [3.05, 3.63) is 30.6 Å². The quantitative estimate of drug-likeness (QED) is 0.732. The maximum atomic E-state index is 10.2. The summed E-state index contributed by atoms with van der Waals surface area (Å²) in [6.45, 7) is 2.33. The Labute approximate surface area is 117 Å². The van der Waals surface area contributed by atoms with Crippen molar-refractivity contribution in [1.82, 2.24) is 4.98 Å². The molecule has 2 rings (SSSR count). The van der Waals surface area contributed by atoms with E-state index >= 15 is 0 Å². The third-order valence-electron chi connectivity index (χ3n) is 2.97. The highest BCUT2D eigenvalue weighted by molar-refractivity contribution is 7.98. The molecule has 1 aromatic carbocycles. The number of rotatable bonds is 5. The predicted molar refractivity (Wildman–Crippen MR) is 83.7 cm³/mol. The lowest BCUT2D eigenvalue weighted by Crippen LogP contribution is -2.36. The van der Waals surface area contributed by atoms with Crippen LogP contribution in [0.1, 0.15) is 6.92 Å². The molecule has 0 aliphatic rings. The average molecular weight is 277 g/mol.